The van der Waals surface area contributed by atoms with E-state index in [1.54, 1.807) is 7.05 Å². The summed E-state index contributed by atoms with van der Waals surface area (Å²) in [7, 11) is 1.67. The number of nitrogens with one attached hydrogen (secondary N) is 1. The highest BCUT2D eigenvalue weighted by Gasteiger charge is 2.26. The monoisotopic (exact) mass is 210 g/mol. The zero-order valence-electron chi connectivity index (χ0n) is 8.62. The highest BCUT2D eigenvalue weighted by molar-refractivity contribution is 5.68. The van der Waals surface area contributed by atoms with E-state index in [2.05, 4.69) is 5.10 Å². The van der Waals surface area contributed by atoms with Gasteiger partial charge in [-0.3, -0.25) is 19.4 Å². The Morgan fingerprint density at radius 3 is 3.07 bits per heavy atom. The van der Waals surface area contributed by atoms with Gasteiger partial charge in [0.05, 0.1) is 6.42 Å². The van der Waals surface area contributed by atoms with Gasteiger partial charge in [0.2, 0.25) is 0 Å². The number of carboxylic acids is 1. The van der Waals surface area contributed by atoms with Crippen molar-refractivity contribution in [3.63, 3.8) is 0 Å². The summed E-state index contributed by atoms with van der Waals surface area (Å²) >= 11 is 0. The fourth-order valence-corrected chi connectivity index (χ4v) is 2.28. The molecule has 0 radical (unpaired) electrons. The van der Waals surface area contributed by atoms with Crippen molar-refractivity contribution in [1.82, 2.24) is 9.78 Å². The Bertz CT molecular complexity index is 444. The third-order valence-corrected chi connectivity index (χ3v) is 2.98. The van der Waals surface area contributed by atoms with Gasteiger partial charge >= 0.3 is 5.97 Å². The van der Waals surface area contributed by atoms with Crippen LogP contribution >= 0.6 is 0 Å². The Morgan fingerprint density at radius 2 is 2.40 bits per heavy atom. The number of aliphatic carboxylic acids is 1. The summed E-state index contributed by atoms with van der Waals surface area (Å²) in [4.78, 5) is 22.3. The standard InChI is InChI=1S/C10H14N2O3/c1-12-10(15)7-4-2-3-6(5-8(13)14)9(7)11-12/h6,11H,2-5H2,1H3,(H,13,14). The molecule has 0 saturated carbocycles. The number of fused-ring (bicyclic) bond motifs is 1. The van der Waals surface area contributed by atoms with Crippen LogP contribution in [0.4, 0.5) is 0 Å². The van der Waals surface area contributed by atoms with Crippen molar-refractivity contribution < 1.29 is 9.90 Å². The first kappa shape index (κ1) is 10.0. The Hall–Kier alpha value is -1.52. The molecular formula is C10H14N2O3. The average molecular weight is 210 g/mol. The zero-order valence-corrected chi connectivity index (χ0v) is 8.62. The molecule has 1 aliphatic carbocycles. The van der Waals surface area contributed by atoms with Crippen LogP contribution in [0.2, 0.25) is 0 Å². The first-order valence-corrected chi connectivity index (χ1v) is 5.09. The van der Waals surface area contributed by atoms with Gasteiger partial charge in [0, 0.05) is 24.2 Å². The minimum Gasteiger partial charge on any atom is -0.481 e. The second-order valence-electron chi connectivity index (χ2n) is 4.06. The number of hydrogen-bond acceptors (Lipinski definition) is 2. The summed E-state index contributed by atoms with van der Waals surface area (Å²) in [6.45, 7) is 0. The molecule has 1 aliphatic rings. The number of hydrogen-bond donors (Lipinski definition) is 2. The zero-order chi connectivity index (χ0) is 11.0. The molecule has 0 bridgehead atoms. The molecule has 1 aromatic heterocycles. The largest absolute Gasteiger partial charge is 0.481 e. The second-order valence-corrected chi connectivity index (χ2v) is 4.06. The van der Waals surface area contributed by atoms with E-state index in [1.165, 1.54) is 4.68 Å². The Kier molecular flexibility index (Phi) is 2.38. The molecule has 0 aliphatic heterocycles. The molecule has 0 aromatic carbocycles. The number of carbonyl (C=O) groups is 1. The molecule has 1 unspecified atom stereocenters. The van der Waals surface area contributed by atoms with E-state index in [0.29, 0.717) is 0 Å². The molecule has 2 N–H and O–H groups in total. The molecule has 5 nitrogen and oxygen atoms in total. The van der Waals surface area contributed by atoms with Crippen LogP contribution in [0, 0.1) is 0 Å². The Morgan fingerprint density at radius 1 is 1.67 bits per heavy atom. The van der Waals surface area contributed by atoms with Gasteiger partial charge in [-0.15, -0.1) is 0 Å². The van der Waals surface area contributed by atoms with Crippen LogP contribution in [0.25, 0.3) is 0 Å². The summed E-state index contributed by atoms with van der Waals surface area (Å²) in [6, 6.07) is 0. The summed E-state index contributed by atoms with van der Waals surface area (Å²) in [5.74, 6) is -0.835. The predicted molar refractivity (Wildman–Crippen MR) is 54.0 cm³/mol. The lowest BCUT2D eigenvalue weighted by Gasteiger charge is -2.19. The van der Waals surface area contributed by atoms with Crippen molar-refractivity contribution in [2.75, 3.05) is 0 Å². The molecule has 0 fully saturated rings. The van der Waals surface area contributed by atoms with Gasteiger partial charge in [-0.05, 0) is 19.3 Å². The highest BCUT2D eigenvalue weighted by atomic mass is 16.4. The Balaban J connectivity index is 2.38. The van der Waals surface area contributed by atoms with E-state index in [9.17, 15) is 9.59 Å². The summed E-state index contributed by atoms with van der Waals surface area (Å²) < 4.78 is 1.44. The van der Waals surface area contributed by atoms with Crippen LogP contribution in [-0.4, -0.2) is 20.9 Å². The number of rotatable bonds is 2. The van der Waals surface area contributed by atoms with Crippen LogP contribution in [0.5, 0.6) is 0 Å². The van der Waals surface area contributed by atoms with Gasteiger partial charge < -0.3 is 5.11 Å². The van der Waals surface area contributed by atoms with Gasteiger partial charge in [0.25, 0.3) is 5.56 Å². The lowest BCUT2D eigenvalue weighted by atomic mass is 9.86. The van der Waals surface area contributed by atoms with Gasteiger partial charge in [-0.1, -0.05) is 0 Å². The van der Waals surface area contributed by atoms with Gasteiger partial charge in [0.15, 0.2) is 0 Å². The summed E-state index contributed by atoms with van der Waals surface area (Å²) in [5.41, 5.74) is 1.59. The van der Waals surface area contributed by atoms with Gasteiger partial charge in [-0.2, -0.15) is 0 Å². The second kappa shape index (κ2) is 3.56. The van der Waals surface area contributed by atoms with E-state index in [0.717, 1.165) is 30.5 Å². The number of H-pyrrole nitrogens is 1. The first-order chi connectivity index (χ1) is 7.09. The van der Waals surface area contributed by atoms with E-state index in [-0.39, 0.29) is 17.9 Å². The lowest BCUT2D eigenvalue weighted by molar-refractivity contribution is -0.137. The van der Waals surface area contributed by atoms with Crippen molar-refractivity contribution in [3.05, 3.63) is 21.6 Å². The number of aromatic nitrogens is 2. The van der Waals surface area contributed by atoms with Crippen molar-refractivity contribution in [3.8, 4) is 0 Å². The highest BCUT2D eigenvalue weighted by Crippen LogP contribution is 2.30. The van der Waals surface area contributed by atoms with E-state index >= 15 is 0 Å². The molecule has 2 rings (SSSR count). The molecule has 15 heavy (non-hydrogen) atoms. The molecule has 0 spiro atoms. The molecule has 82 valence electrons. The van der Waals surface area contributed by atoms with Gasteiger partial charge in [-0.25, -0.2) is 0 Å². The average Bonchev–Trinajstić information content (AvgIpc) is 2.45. The molecular weight excluding hydrogens is 196 g/mol. The summed E-state index contributed by atoms with van der Waals surface area (Å²) in [5, 5.41) is 11.7. The predicted octanol–water partition coefficient (Wildman–Crippen LogP) is 0.608. The van der Waals surface area contributed by atoms with Crippen molar-refractivity contribution in [1.29, 1.82) is 0 Å². The Labute approximate surface area is 86.7 Å². The quantitative estimate of drug-likeness (QED) is 0.750. The fourth-order valence-electron chi connectivity index (χ4n) is 2.28. The number of aryl methyl sites for hydroxylation is 1. The molecule has 5 heteroatoms. The number of carboxylic acid groups (broad SMARTS) is 1. The third kappa shape index (κ3) is 1.69. The maximum Gasteiger partial charge on any atom is 0.304 e. The van der Waals surface area contributed by atoms with Crippen molar-refractivity contribution >= 4 is 5.97 Å². The normalized spacial score (nSPS) is 19.9. The van der Waals surface area contributed by atoms with Crippen LogP contribution in [0.15, 0.2) is 4.79 Å². The molecule has 0 amide bonds. The minimum atomic E-state index is -0.808. The maximum atomic E-state index is 11.6. The van der Waals surface area contributed by atoms with E-state index in [4.69, 9.17) is 5.11 Å². The lowest BCUT2D eigenvalue weighted by Crippen LogP contribution is -2.18. The smallest absolute Gasteiger partial charge is 0.304 e. The third-order valence-electron chi connectivity index (χ3n) is 2.98. The summed E-state index contributed by atoms with van der Waals surface area (Å²) in [6.07, 6.45) is 2.62. The van der Waals surface area contributed by atoms with Crippen molar-refractivity contribution in [2.45, 2.75) is 31.6 Å². The molecule has 1 aromatic rings. The topological polar surface area (TPSA) is 75.1 Å². The van der Waals surface area contributed by atoms with E-state index < -0.39 is 5.97 Å². The first-order valence-electron chi connectivity index (χ1n) is 5.09. The molecule has 1 atom stereocenters. The van der Waals surface area contributed by atoms with Crippen LogP contribution in [-0.2, 0) is 18.3 Å². The van der Waals surface area contributed by atoms with Gasteiger partial charge in [0.1, 0.15) is 0 Å². The SMILES string of the molecule is Cn1[nH]c2c(c1=O)CCCC2CC(=O)O. The maximum absolute atomic E-state index is 11.6. The van der Waals surface area contributed by atoms with E-state index in [1.807, 2.05) is 0 Å². The van der Waals surface area contributed by atoms with Crippen LogP contribution < -0.4 is 5.56 Å². The minimum absolute atomic E-state index is 0.0138. The van der Waals surface area contributed by atoms with Crippen molar-refractivity contribution in [2.24, 2.45) is 7.05 Å². The fraction of sp³-hybridized carbons (Fsp3) is 0.600. The molecule has 0 saturated heterocycles. The number of nitrogens with zero attached hydrogens (tertiary/aromatic N) is 1. The van der Waals surface area contributed by atoms with Crippen LogP contribution in [0.3, 0.4) is 0 Å². The number of aromatic amines is 1. The molecule has 1 heterocycles. The van der Waals surface area contributed by atoms with Crippen LogP contribution in [0.1, 0.15) is 36.4 Å².